The van der Waals surface area contributed by atoms with Crippen LogP contribution >= 0.6 is 0 Å². The van der Waals surface area contributed by atoms with Crippen LogP contribution < -0.4 is 5.73 Å². The SMILES string of the molecule is CN1C(=O)C(c2ccccc2)(c2cccc(CC(=O)CCc3ccccc3)c2)N=C1N. The monoisotopic (exact) mass is 411 g/mol. The van der Waals surface area contributed by atoms with Gasteiger partial charge in [-0.25, -0.2) is 4.99 Å². The molecule has 0 fully saturated rings. The zero-order valence-electron chi connectivity index (χ0n) is 17.5. The highest BCUT2D eigenvalue weighted by Crippen LogP contribution is 2.39. The first kappa shape index (κ1) is 20.5. The molecule has 3 aromatic carbocycles. The van der Waals surface area contributed by atoms with Crippen molar-refractivity contribution in [1.29, 1.82) is 0 Å². The molecule has 0 saturated heterocycles. The standard InChI is InChI=1S/C26H25N3O2/c1-29-24(31)26(28-25(29)27,21-12-6-3-7-13-21)22-14-8-11-20(17-22)18-23(30)16-15-19-9-4-2-5-10-19/h2-14,17H,15-16,18H2,1H3,(H2,27,28). The summed E-state index contributed by atoms with van der Waals surface area (Å²) in [6, 6.07) is 27.0. The second-order valence-corrected chi connectivity index (χ2v) is 7.81. The minimum Gasteiger partial charge on any atom is -0.369 e. The second kappa shape index (κ2) is 8.56. The molecule has 1 aliphatic rings. The number of aryl methyl sites for hydroxylation is 1. The van der Waals surface area contributed by atoms with Crippen molar-refractivity contribution in [3.8, 4) is 0 Å². The van der Waals surface area contributed by atoms with E-state index in [0.717, 1.165) is 23.1 Å². The molecule has 0 spiro atoms. The molecule has 1 amide bonds. The van der Waals surface area contributed by atoms with E-state index in [4.69, 9.17) is 5.73 Å². The van der Waals surface area contributed by atoms with E-state index in [-0.39, 0.29) is 17.6 Å². The smallest absolute Gasteiger partial charge is 0.266 e. The number of benzene rings is 3. The van der Waals surface area contributed by atoms with Crippen LogP contribution in [0.1, 0.15) is 28.7 Å². The molecule has 1 heterocycles. The average Bonchev–Trinajstić information content (AvgIpc) is 3.04. The maximum Gasteiger partial charge on any atom is 0.266 e. The Bertz CT molecular complexity index is 1130. The number of guanidine groups is 1. The number of carbonyl (C=O) groups excluding carboxylic acids is 2. The van der Waals surface area contributed by atoms with Gasteiger partial charge in [-0.1, -0.05) is 84.9 Å². The molecule has 3 aromatic rings. The average molecular weight is 412 g/mol. The van der Waals surface area contributed by atoms with E-state index in [0.29, 0.717) is 18.4 Å². The van der Waals surface area contributed by atoms with Gasteiger partial charge in [-0.15, -0.1) is 0 Å². The Hall–Kier alpha value is -3.73. The molecule has 0 aliphatic carbocycles. The molecule has 0 saturated carbocycles. The Labute approximate surface area is 182 Å². The van der Waals surface area contributed by atoms with Crippen LogP contribution in [0.5, 0.6) is 0 Å². The third-order valence-corrected chi connectivity index (χ3v) is 5.71. The number of ketones is 1. The first-order valence-corrected chi connectivity index (χ1v) is 10.3. The molecule has 1 unspecified atom stereocenters. The molecule has 4 rings (SSSR count). The van der Waals surface area contributed by atoms with E-state index in [9.17, 15) is 9.59 Å². The summed E-state index contributed by atoms with van der Waals surface area (Å²) < 4.78 is 0. The summed E-state index contributed by atoms with van der Waals surface area (Å²) in [5.74, 6) is 0.134. The summed E-state index contributed by atoms with van der Waals surface area (Å²) in [6.45, 7) is 0. The van der Waals surface area contributed by atoms with Crippen LogP contribution in [0.25, 0.3) is 0 Å². The molecule has 1 atom stereocenters. The highest BCUT2D eigenvalue weighted by Gasteiger charge is 2.49. The van der Waals surface area contributed by atoms with Crippen molar-refractivity contribution >= 4 is 17.6 Å². The fourth-order valence-electron chi connectivity index (χ4n) is 4.01. The summed E-state index contributed by atoms with van der Waals surface area (Å²) >= 11 is 0. The fourth-order valence-corrected chi connectivity index (χ4v) is 4.01. The Morgan fingerprint density at radius 1 is 0.903 bits per heavy atom. The first-order valence-electron chi connectivity index (χ1n) is 10.3. The lowest BCUT2D eigenvalue weighted by atomic mass is 9.82. The molecule has 2 N–H and O–H groups in total. The Morgan fingerprint density at radius 2 is 1.52 bits per heavy atom. The van der Waals surface area contributed by atoms with Crippen LogP contribution in [0.4, 0.5) is 0 Å². The lowest BCUT2D eigenvalue weighted by molar-refractivity contribution is -0.129. The lowest BCUT2D eigenvalue weighted by Crippen LogP contribution is -2.41. The number of nitrogens with two attached hydrogens (primary N) is 1. The summed E-state index contributed by atoms with van der Waals surface area (Å²) in [6.07, 6.45) is 1.51. The Balaban J connectivity index is 1.61. The van der Waals surface area contributed by atoms with Gasteiger partial charge in [0, 0.05) is 19.9 Å². The maximum atomic E-state index is 13.3. The number of aliphatic imine (C=N–C) groups is 1. The van der Waals surface area contributed by atoms with Gasteiger partial charge >= 0.3 is 0 Å². The number of carbonyl (C=O) groups is 2. The summed E-state index contributed by atoms with van der Waals surface area (Å²) in [4.78, 5) is 31.9. The van der Waals surface area contributed by atoms with E-state index in [1.54, 1.807) is 7.05 Å². The molecule has 0 bridgehead atoms. The Morgan fingerprint density at radius 3 is 2.16 bits per heavy atom. The minimum atomic E-state index is -1.23. The number of Topliss-reactive ketones (excluding diaryl/α,β-unsaturated/α-hetero) is 1. The maximum absolute atomic E-state index is 13.3. The van der Waals surface area contributed by atoms with Crippen LogP contribution in [0, 0.1) is 0 Å². The topological polar surface area (TPSA) is 75.8 Å². The molecule has 5 heteroatoms. The molecule has 0 radical (unpaired) electrons. The number of likely N-dealkylation sites (N-methyl/N-ethyl adjacent to an activating group) is 1. The van der Waals surface area contributed by atoms with Gasteiger partial charge in [0.2, 0.25) is 0 Å². The van der Waals surface area contributed by atoms with Crippen molar-refractivity contribution in [2.24, 2.45) is 10.7 Å². The highest BCUT2D eigenvalue weighted by atomic mass is 16.2. The van der Waals surface area contributed by atoms with Crippen molar-refractivity contribution in [2.45, 2.75) is 24.8 Å². The van der Waals surface area contributed by atoms with Gasteiger partial charge in [-0.05, 0) is 28.7 Å². The predicted octanol–water partition coefficient (Wildman–Crippen LogP) is 3.46. The van der Waals surface area contributed by atoms with E-state index in [1.165, 1.54) is 4.90 Å². The quantitative estimate of drug-likeness (QED) is 0.647. The van der Waals surface area contributed by atoms with Gasteiger partial charge in [0.25, 0.3) is 5.91 Å². The van der Waals surface area contributed by atoms with E-state index >= 15 is 0 Å². The number of amides is 1. The van der Waals surface area contributed by atoms with Crippen molar-refractivity contribution in [1.82, 2.24) is 4.90 Å². The van der Waals surface area contributed by atoms with Gasteiger partial charge in [0.1, 0.15) is 5.78 Å². The summed E-state index contributed by atoms with van der Waals surface area (Å²) in [5, 5.41) is 0. The van der Waals surface area contributed by atoms with Crippen LogP contribution in [-0.2, 0) is 28.0 Å². The zero-order chi connectivity index (χ0) is 21.8. The molecule has 0 aromatic heterocycles. The van der Waals surface area contributed by atoms with Gasteiger partial charge in [-0.3, -0.25) is 14.5 Å². The van der Waals surface area contributed by atoms with Gasteiger partial charge in [-0.2, -0.15) is 0 Å². The lowest BCUT2D eigenvalue weighted by Gasteiger charge is -2.26. The van der Waals surface area contributed by atoms with E-state index < -0.39 is 5.54 Å². The number of hydrogen-bond acceptors (Lipinski definition) is 4. The molecular formula is C26H25N3O2. The molecule has 1 aliphatic heterocycles. The summed E-state index contributed by atoms with van der Waals surface area (Å²) in [5.41, 5.74) is 8.28. The van der Waals surface area contributed by atoms with Crippen LogP contribution in [0.2, 0.25) is 0 Å². The first-order chi connectivity index (χ1) is 15.0. The second-order valence-electron chi connectivity index (χ2n) is 7.81. The van der Waals surface area contributed by atoms with Crippen LogP contribution in [-0.4, -0.2) is 29.6 Å². The molecule has 31 heavy (non-hydrogen) atoms. The zero-order valence-corrected chi connectivity index (χ0v) is 17.5. The Kier molecular flexibility index (Phi) is 5.67. The largest absolute Gasteiger partial charge is 0.369 e. The normalized spacial score (nSPS) is 18.2. The minimum absolute atomic E-state index is 0.160. The van der Waals surface area contributed by atoms with Crippen molar-refractivity contribution < 1.29 is 9.59 Å². The van der Waals surface area contributed by atoms with Gasteiger partial charge in [0.05, 0.1) is 0 Å². The van der Waals surface area contributed by atoms with Crippen molar-refractivity contribution in [3.63, 3.8) is 0 Å². The third-order valence-electron chi connectivity index (χ3n) is 5.71. The molecule has 5 nitrogen and oxygen atoms in total. The van der Waals surface area contributed by atoms with Gasteiger partial charge < -0.3 is 5.73 Å². The van der Waals surface area contributed by atoms with Crippen LogP contribution in [0.15, 0.2) is 89.9 Å². The van der Waals surface area contributed by atoms with Crippen molar-refractivity contribution in [2.75, 3.05) is 7.05 Å². The number of hydrogen-bond donors (Lipinski definition) is 1. The van der Waals surface area contributed by atoms with E-state index in [2.05, 4.69) is 4.99 Å². The van der Waals surface area contributed by atoms with E-state index in [1.807, 2.05) is 84.9 Å². The third kappa shape index (κ3) is 3.99. The number of rotatable bonds is 7. The van der Waals surface area contributed by atoms with Crippen LogP contribution in [0.3, 0.4) is 0 Å². The molecule has 156 valence electrons. The summed E-state index contributed by atoms with van der Waals surface area (Å²) in [7, 11) is 1.63. The predicted molar refractivity (Wildman–Crippen MR) is 122 cm³/mol. The van der Waals surface area contributed by atoms with Crippen molar-refractivity contribution in [3.05, 3.63) is 107 Å². The van der Waals surface area contributed by atoms with Gasteiger partial charge in [0.15, 0.2) is 11.5 Å². The highest BCUT2D eigenvalue weighted by molar-refractivity contribution is 6.08. The fraction of sp³-hybridized carbons (Fsp3) is 0.192. The number of nitrogens with zero attached hydrogens (tertiary/aromatic N) is 2. The molecular weight excluding hydrogens is 386 g/mol.